The number of aliphatic carboxylic acids is 1. The molecular weight excluding hydrogens is 290 g/mol. The van der Waals surface area contributed by atoms with Crippen molar-refractivity contribution in [3.8, 4) is 0 Å². The molecule has 0 radical (unpaired) electrons. The average molecular weight is 311 g/mol. The van der Waals surface area contributed by atoms with Gasteiger partial charge >= 0.3 is 5.97 Å². The standard InChI is InChI=1S/C15H21NO4S/c1-14(2)10-15(14,11-5-4-8-21-11)13(19)16(6-7-20-3)9-12(17)18/h4-5,8H,6-7,9-10H2,1-3H3,(H,17,18). The molecular formula is C15H21NO4S. The maximum absolute atomic E-state index is 13.0. The summed E-state index contributed by atoms with van der Waals surface area (Å²) >= 11 is 1.56. The number of nitrogens with zero attached hydrogens (tertiary/aromatic N) is 1. The van der Waals surface area contributed by atoms with E-state index >= 15 is 0 Å². The third-order valence-electron chi connectivity index (χ3n) is 4.22. The van der Waals surface area contributed by atoms with Gasteiger partial charge in [-0.05, 0) is 23.3 Å². The van der Waals surface area contributed by atoms with Gasteiger partial charge in [-0.3, -0.25) is 9.59 Å². The number of rotatable bonds is 7. The second-order valence-corrected chi connectivity index (χ2v) is 7.00. The summed E-state index contributed by atoms with van der Waals surface area (Å²) in [6.07, 6.45) is 0.752. The highest BCUT2D eigenvalue weighted by molar-refractivity contribution is 7.10. The maximum Gasteiger partial charge on any atom is 0.323 e. The SMILES string of the molecule is COCCN(CC(=O)O)C(=O)C1(c2cccs2)CC1(C)C. The Morgan fingerprint density at radius 2 is 2.14 bits per heavy atom. The Bertz CT molecular complexity index is 526. The molecule has 0 saturated heterocycles. The normalized spacial score (nSPS) is 22.8. The minimum atomic E-state index is -1.00. The van der Waals surface area contributed by atoms with Gasteiger partial charge in [-0.1, -0.05) is 19.9 Å². The molecule has 2 rings (SSSR count). The summed E-state index contributed by atoms with van der Waals surface area (Å²) < 4.78 is 5.00. The minimum absolute atomic E-state index is 0.102. The third kappa shape index (κ3) is 2.82. The van der Waals surface area contributed by atoms with Gasteiger partial charge in [0.1, 0.15) is 6.54 Å². The van der Waals surface area contributed by atoms with E-state index in [9.17, 15) is 9.59 Å². The third-order valence-corrected chi connectivity index (χ3v) is 5.25. The quantitative estimate of drug-likeness (QED) is 0.836. The van der Waals surface area contributed by atoms with Crippen LogP contribution in [0.3, 0.4) is 0 Å². The molecule has 0 bridgehead atoms. The van der Waals surface area contributed by atoms with Crippen molar-refractivity contribution in [2.45, 2.75) is 25.7 Å². The maximum atomic E-state index is 13.0. The second kappa shape index (κ2) is 5.77. The van der Waals surface area contributed by atoms with Crippen LogP contribution in [0.25, 0.3) is 0 Å². The van der Waals surface area contributed by atoms with Crippen LogP contribution in [0, 0.1) is 5.41 Å². The van der Waals surface area contributed by atoms with Gasteiger partial charge in [0.25, 0.3) is 0 Å². The van der Waals surface area contributed by atoms with Gasteiger partial charge in [0, 0.05) is 18.5 Å². The summed E-state index contributed by atoms with van der Waals surface area (Å²) in [6.45, 7) is 4.45. The van der Waals surface area contributed by atoms with Gasteiger partial charge in [0.2, 0.25) is 5.91 Å². The summed E-state index contributed by atoms with van der Waals surface area (Å²) in [5.74, 6) is -1.10. The molecule has 0 aliphatic heterocycles. The van der Waals surface area contributed by atoms with E-state index < -0.39 is 11.4 Å². The topological polar surface area (TPSA) is 66.8 Å². The van der Waals surface area contributed by atoms with Crippen molar-refractivity contribution in [3.05, 3.63) is 22.4 Å². The number of amides is 1. The number of carboxylic acids is 1. The minimum Gasteiger partial charge on any atom is -0.480 e. The lowest BCUT2D eigenvalue weighted by Crippen LogP contribution is -2.45. The molecule has 1 aliphatic carbocycles. The number of methoxy groups -OCH3 is 1. The summed E-state index contributed by atoms with van der Waals surface area (Å²) in [4.78, 5) is 26.5. The smallest absolute Gasteiger partial charge is 0.323 e. The molecule has 1 fully saturated rings. The Morgan fingerprint density at radius 3 is 2.57 bits per heavy atom. The molecule has 5 nitrogen and oxygen atoms in total. The fourth-order valence-electron chi connectivity index (χ4n) is 2.92. The predicted octanol–water partition coefficient (Wildman–Crippen LogP) is 1.98. The second-order valence-electron chi connectivity index (χ2n) is 6.06. The molecule has 1 saturated carbocycles. The number of carbonyl (C=O) groups is 2. The number of thiophene rings is 1. The van der Waals surface area contributed by atoms with Crippen molar-refractivity contribution in [1.29, 1.82) is 0 Å². The van der Waals surface area contributed by atoms with Crippen molar-refractivity contribution >= 4 is 23.2 Å². The van der Waals surface area contributed by atoms with Crippen LogP contribution in [-0.2, 0) is 19.7 Å². The van der Waals surface area contributed by atoms with E-state index in [0.29, 0.717) is 13.2 Å². The average Bonchev–Trinajstić information content (AvgIpc) is 2.82. The molecule has 21 heavy (non-hydrogen) atoms. The fourth-order valence-corrected chi connectivity index (χ4v) is 4.02. The van der Waals surface area contributed by atoms with Crippen LogP contribution in [0.5, 0.6) is 0 Å². The highest BCUT2D eigenvalue weighted by Crippen LogP contribution is 2.66. The van der Waals surface area contributed by atoms with Crippen LogP contribution >= 0.6 is 11.3 Å². The monoisotopic (exact) mass is 311 g/mol. The van der Waals surface area contributed by atoms with E-state index in [1.807, 2.05) is 17.5 Å². The van der Waals surface area contributed by atoms with Gasteiger partial charge in [0.15, 0.2) is 0 Å². The zero-order valence-corrected chi connectivity index (χ0v) is 13.4. The highest BCUT2D eigenvalue weighted by Gasteiger charge is 2.68. The summed E-state index contributed by atoms with van der Waals surface area (Å²) in [6, 6.07) is 3.90. The van der Waals surface area contributed by atoms with Crippen molar-refractivity contribution in [2.75, 3.05) is 26.8 Å². The molecule has 0 spiro atoms. The van der Waals surface area contributed by atoms with E-state index in [2.05, 4.69) is 13.8 Å². The molecule has 1 atom stereocenters. The number of ether oxygens (including phenoxy) is 1. The molecule has 1 aromatic rings. The highest BCUT2D eigenvalue weighted by atomic mass is 32.1. The van der Waals surface area contributed by atoms with Crippen molar-refractivity contribution in [3.63, 3.8) is 0 Å². The van der Waals surface area contributed by atoms with Crippen LogP contribution in [0.2, 0.25) is 0 Å². The summed E-state index contributed by atoms with van der Waals surface area (Å²) in [5.41, 5.74) is -0.719. The van der Waals surface area contributed by atoms with Crippen LogP contribution in [0.15, 0.2) is 17.5 Å². The number of carboxylic acid groups (broad SMARTS) is 1. The van der Waals surface area contributed by atoms with E-state index in [-0.39, 0.29) is 17.9 Å². The number of carbonyl (C=O) groups excluding carboxylic acids is 1. The lowest BCUT2D eigenvalue weighted by molar-refractivity contribution is -0.146. The van der Waals surface area contributed by atoms with Crippen LogP contribution in [-0.4, -0.2) is 48.7 Å². The Hall–Kier alpha value is -1.40. The van der Waals surface area contributed by atoms with Crippen LogP contribution in [0.4, 0.5) is 0 Å². The predicted molar refractivity (Wildman–Crippen MR) is 80.5 cm³/mol. The molecule has 1 aliphatic rings. The Kier molecular flexibility index (Phi) is 4.39. The lowest BCUT2D eigenvalue weighted by Gasteiger charge is -2.27. The summed E-state index contributed by atoms with van der Waals surface area (Å²) in [5, 5.41) is 11.0. The number of hydrogen-bond acceptors (Lipinski definition) is 4. The number of hydrogen-bond donors (Lipinski definition) is 1. The Morgan fingerprint density at radius 1 is 1.48 bits per heavy atom. The van der Waals surface area contributed by atoms with E-state index in [4.69, 9.17) is 9.84 Å². The largest absolute Gasteiger partial charge is 0.480 e. The first-order valence-corrected chi connectivity index (χ1v) is 7.77. The van der Waals surface area contributed by atoms with Gasteiger partial charge in [0.05, 0.1) is 12.0 Å². The van der Waals surface area contributed by atoms with E-state index in [1.54, 1.807) is 18.4 Å². The molecule has 1 unspecified atom stereocenters. The first kappa shape index (κ1) is 16.0. The molecule has 6 heteroatoms. The van der Waals surface area contributed by atoms with Gasteiger partial charge in [-0.2, -0.15) is 0 Å². The Balaban J connectivity index is 2.27. The van der Waals surface area contributed by atoms with Crippen molar-refractivity contribution in [1.82, 2.24) is 4.90 Å². The van der Waals surface area contributed by atoms with Crippen LogP contribution < -0.4 is 0 Å². The van der Waals surface area contributed by atoms with Crippen molar-refractivity contribution in [2.24, 2.45) is 5.41 Å². The summed E-state index contributed by atoms with van der Waals surface area (Å²) in [7, 11) is 1.54. The van der Waals surface area contributed by atoms with Gasteiger partial charge in [-0.15, -0.1) is 11.3 Å². The van der Waals surface area contributed by atoms with Crippen LogP contribution in [0.1, 0.15) is 25.1 Å². The Labute approximate surface area is 128 Å². The molecule has 1 N–H and O–H groups in total. The zero-order chi connectivity index (χ0) is 15.7. The van der Waals surface area contributed by atoms with Gasteiger partial charge < -0.3 is 14.7 Å². The molecule has 0 aromatic carbocycles. The fraction of sp³-hybridized carbons (Fsp3) is 0.600. The van der Waals surface area contributed by atoms with Crippen molar-refractivity contribution < 1.29 is 19.4 Å². The molecule has 116 valence electrons. The van der Waals surface area contributed by atoms with Gasteiger partial charge in [-0.25, -0.2) is 0 Å². The van der Waals surface area contributed by atoms with E-state index in [0.717, 1.165) is 11.3 Å². The first-order valence-electron chi connectivity index (χ1n) is 6.89. The van der Waals surface area contributed by atoms with E-state index in [1.165, 1.54) is 4.90 Å². The zero-order valence-electron chi connectivity index (χ0n) is 12.6. The molecule has 1 aromatic heterocycles. The lowest BCUT2D eigenvalue weighted by atomic mass is 9.92. The molecule has 1 amide bonds. The first-order chi connectivity index (χ1) is 9.85. The molecule has 1 heterocycles.